The molecule has 3 heteroatoms. The average Bonchev–Trinajstić information content (AvgIpc) is 2.78. The van der Waals surface area contributed by atoms with Gasteiger partial charge in [-0.15, -0.1) is 0 Å². The Labute approximate surface area is 102 Å². The molecule has 0 fully saturated rings. The van der Waals surface area contributed by atoms with Crippen LogP contribution in [0.2, 0.25) is 0 Å². The van der Waals surface area contributed by atoms with Crippen molar-refractivity contribution in [3.05, 3.63) is 53.9 Å². The second-order valence-electron chi connectivity index (χ2n) is 4.18. The third kappa shape index (κ3) is 2.74. The van der Waals surface area contributed by atoms with E-state index in [1.165, 1.54) is 11.3 Å². The smallest absolute Gasteiger partial charge is 0.0748 e. The number of hydrogen-bond acceptors (Lipinski definition) is 2. The van der Waals surface area contributed by atoms with Crippen LogP contribution in [0, 0.1) is 0 Å². The van der Waals surface area contributed by atoms with Gasteiger partial charge in [0.1, 0.15) is 0 Å². The summed E-state index contributed by atoms with van der Waals surface area (Å²) >= 11 is 0. The van der Waals surface area contributed by atoms with Gasteiger partial charge in [-0.2, -0.15) is 5.10 Å². The van der Waals surface area contributed by atoms with Crippen LogP contribution in [0.4, 0.5) is 0 Å². The Kier molecular flexibility index (Phi) is 3.94. The van der Waals surface area contributed by atoms with E-state index in [0.717, 1.165) is 13.0 Å². The highest BCUT2D eigenvalue weighted by atomic mass is 15.3. The van der Waals surface area contributed by atoms with Gasteiger partial charge >= 0.3 is 0 Å². The van der Waals surface area contributed by atoms with Crippen molar-refractivity contribution in [3.8, 4) is 0 Å². The van der Waals surface area contributed by atoms with Crippen molar-refractivity contribution in [1.82, 2.24) is 15.1 Å². The molecule has 17 heavy (non-hydrogen) atoms. The van der Waals surface area contributed by atoms with Crippen LogP contribution in [0.25, 0.3) is 0 Å². The number of rotatable bonds is 5. The summed E-state index contributed by atoms with van der Waals surface area (Å²) < 4.78 is 1.93. The van der Waals surface area contributed by atoms with E-state index in [9.17, 15) is 0 Å². The first kappa shape index (κ1) is 11.9. The number of nitrogens with one attached hydrogen (secondary N) is 1. The number of aryl methyl sites for hydroxylation is 1. The number of nitrogens with zero attached hydrogens (tertiary/aromatic N) is 2. The highest BCUT2D eigenvalue weighted by Crippen LogP contribution is 2.20. The molecule has 1 aromatic heterocycles. The lowest BCUT2D eigenvalue weighted by Crippen LogP contribution is -2.25. The molecule has 2 rings (SSSR count). The minimum Gasteiger partial charge on any atom is -0.305 e. The second-order valence-corrected chi connectivity index (χ2v) is 4.18. The first-order chi connectivity index (χ1) is 8.33. The van der Waals surface area contributed by atoms with Gasteiger partial charge in [0.2, 0.25) is 0 Å². The van der Waals surface area contributed by atoms with Gasteiger partial charge < -0.3 is 5.32 Å². The molecule has 1 atom stereocenters. The maximum atomic E-state index is 4.25. The summed E-state index contributed by atoms with van der Waals surface area (Å²) in [4.78, 5) is 0. The minimum absolute atomic E-state index is 0.226. The van der Waals surface area contributed by atoms with Crippen LogP contribution < -0.4 is 5.32 Å². The molecule has 0 aliphatic rings. The Balaban J connectivity index is 2.29. The van der Waals surface area contributed by atoms with Crippen LogP contribution in [-0.2, 0) is 7.05 Å². The Morgan fingerprint density at radius 1 is 1.24 bits per heavy atom. The van der Waals surface area contributed by atoms with E-state index in [1.54, 1.807) is 0 Å². The van der Waals surface area contributed by atoms with Gasteiger partial charge in [-0.05, 0) is 24.6 Å². The molecule has 0 amide bonds. The SMILES string of the molecule is CCCNC(c1ccccc1)c1ccnn1C. The minimum atomic E-state index is 0.226. The standard InChI is InChI=1S/C14H19N3/c1-3-10-15-14(12-7-5-4-6-8-12)13-9-11-16-17(13)2/h4-9,11,14-15H,3,10H2,1-2H3. The van der Waals surface area contributed by atoms with E-state index in [-0.39, 0.29) is 6.04 Å². The Morgan fingerprint density at radius 2 is 2.00 bits per heavy atom. The summed E-state index contributed by atoms with van der Waals surface area (Å²) in [6.07, 6.45) is 2.97. The van der Waals surface area contributed by atoms with Crippen LogP contribution in [0.3, 0.4) is 0 Å². The first-order valence-electron chi connectivity index (χ1n) is 6.09. The number of benzene rings is 1. The third-order valence-corrected chi connectivity index (χ3v) is 2.89. The molecule has 0 bridgehead atoms. The van der Waals surface area contributed by atoms with Crippen LogP contribution in [0.15, 0.2) is 42.6 Å². The maximum absolute atomic E-state index is 4.25. The zero-order valence-electron chi connectivity index (χ0n) is 10.4. The topological polar surface area (TPSA) is 29.9 Å². The van der Waals surface area contributed by atoms with Gasteiger partial charge in [-0.1, -0.05) is 37.3 Å². The number of aromatic nitrogens is 2. The van der Waals surface area contributed by atoms with Crippen molar-refractivity contribution in [2.24, 2.45) is 7.05 Å². The van der Waals surface area contributed by atoms with E-state index in [1.807, 2.05) is 24.0 Å². The van der Waals surface area contributed by atoms with Crippen LogP contribution in [0.5, 0.6) is 0 Å². The largest absolute Gasteiger partial charge is 0.305 e. The molecule has 1 unspecified atom stereocenters. The molecule has 1 aromatic carbocycles. The lowest BCUT2D eigenvalue weighted by atomic mass is 10.0. The summed E-state index contributed by atoms with van der Waals surface area (Å²) in [6.45, 7) is 3.18. The molecule has 0 spiro atoms. The van der Waals surface area contributed by atoms with Crippen LogP contribution in [-0.4, -0.2) is 16.3 Å². The third-order valence-electron chi connectivity index (χ3n) is 2.89. The molecular weight excluding hydrogens is 210 g/mol. The predicted molar refractivity (Wildman–Crippen MR) is 69.8 cm³/mol. The quantitative estimate of drug-likeness (QED) is 0.853. The summed E-state index contributed by atoms with van der Waals surface area (Å²) in [5.74, 6) is 0. The highest BCUT2D eigenvalue weighted by Gasteiger charge is 2.15. The summed E-state index contributed by atoms with van der Waals surface area (Å²) in [6, 6.07) is 12.8. The molecule has 3 nitrogen and oxygen atoms in total. The molecule has 0 saturated carbocycles. The summed E-state index contributed by atoms with van der Waals surface area (Å²) in [5, 5.41) is 7.82. The molecule has 0 saturated heterocycles. The summed E-state index contributed by atoms with van der Waals surface area (Å²) in [5.41, 5.74) is 2.48. The van der Waals surface area contributed by atoms with Crippen LogP contribution >= 0.6 is 0 Å². The van der Waals surface area contributed by atoms with Gasteiger partial charge in [-0.3, -0.25) is 4.68 Å². The molecule has 2 aromatic rings. The van der Waals surface area contributed by atoms with Crippen molar-refractivity contribution in [2.75, 3.05) is 6.54 Å². The Morgan fingerprint density at radius 3 is 2.59 bits per heavy atom. The first-order valence-corrected chi connectivity index (χ1v) is 6.09. The molecule has 0 radical (unpaired) electrons. The molecule has 0 aliphatic heterocycles. The fourth-order valence-electron chi connectivity index (χ4n) is 1.99. The monoisotopic (exact) mass is 229 g/mol. The highest BCUT2D eigenvalue weighted by molar-refractivity contribution is 5.27. The van der Waals surface area contributed by atoms with Crippen molar-refractivity contribution < 1.29 is 0 Å². The zero-order valence-corrected chi connectivity index (χ0v) is 10.4. The second kappa shape index (κ2) is 5.64. The molecular formula is C14H19N3. The summed E-state index contributed by atoms with van der Waals surface area (Å²) in [7, 11) is 1.99. The van der Waals surface area contributed by atoms with Gasteiger partial charge in [-0.25, -0.2) is 0 Å². The lowest BCUT2D eigenvalue weighted by Gasteiger charge is -2.19. The van der Waals surface area contributed by atoms with Crippen molar-refractivity contribution in [2.45, 2.75) is 19.4 Å². The van der Waals surface area contributed by atoms with E-state index in [2.05, 4.69) is 47.7 Å². The van der Waals surface area contributed by atoms with Gasteiger partial charge in [0.25, 0.3) is 0 Å². The van der Waals surface area contributed by atoms with Crippen molar-refractivity contribution in [3.63, 3.8) is 0 Å². The van der Waals surface area contributed by atoms with E-state index < -0.39 is 0 Å². The van der Waals surface area contributed by atoms with Crippen LogP contribution in [0.1, 0.15) is 30.6 Å². The molecule has 1 N–H and O–H groups in total. The van der Waals surface area contributed by atoms with E-state index in [4.69, 9.17) is 0 Å². The Bertz CT molecular complexity index is 448. The number of hydrogen-bond donors (Lipinski definition) is 1. The fraction of sp³-hybridized carbons (Fsp3) is 0.357. The zero-order chi connectivity index (χ0) is 12.1. The van der Waals surface area contributed by atoms with E-state index >= 15 is 0 Å². The predicted octanol–water partition coefficient (Wildman–Crippen LogP) is 2.51. The normalized spacial score (nSPS) is 12.6. The average molecular weight is 229 g/mol. The van der Waals surface area contributed by atoms with Crippen molar-refractivity contribution in [1.29, 1.82) is 0 Å². The Hall–Kier alpha value is -1.61. The van der Waals surface area contributed by atoms with Gasteiger partial charge in [0, 0.05) is 13.2 Å². The molecule has 0 aliphatic carbocycles. The van der Waals surface area contributed by atoms with E-state index in [0.29, 0.717) is 0 Å². The fourth-order valence-corrected chi connectivity index (χ4v) is 1.99. The van der Waals surface area contributed by atoms with Crippen molar-refractivity contribution >= 4 is 0 Å². The molecule has 1 heterocycles. The van der Waals surface area contributed by atoms with Gasteiger partial charge in [0.15, 0.2) is 0 Å². The maximum Gasteiger partial charge on any atom is 0.0748 e. The molecule has 90 valence electrons. The van der Waals surface area contributed by atoms with Gasteiger partial charge in [0.05, 0.1) is 11.7 Å². The lowest BCUT2D eigenvalue weighted by molar-refractivity contribution is 0.553.